The number of hydrogen-bond acceptors (Lipinski definition) is 2. The van der Waals surface area contributed by atoms with Gasteiger partial charge >= 0.3 is 0 Å². The van der Waals surface area contributed by atoms with Crippen LogP contribution < -0.4 is 0 Å². The van der Waals surface area contributed by atoms with Crippen LogP contribution in [0.2, 0.25) is 0 Å². The zero-order valence-corrected chi connectivity index (χ0v) is 16.0. The van der Waals surface area contributed by atoms with E-state index in [1.165, 1.54) is 89.9 Å². The fourth-order valence-electron chi connectivity index (χ4n) is 3.02. The van der Waals surface area contributed by atoms with Crippen LogP contribution in [0.25, 0.3) is 0 Å². The molecule has 0 aliphatic carbocycles. The van der Waals surface area contributed by atoms with Crippen molar-refractivity contribution < 1.29 is 9.59 Å². The molecule has 140 valence electrons. The SMILES string of the molecule is CCCCCCCCCCCCCCCCC=CC(C=O)CC=O. The van der Waals surface area contributed by atoms with Crippen LogP contribution in [0.3, 0.4) is 0 Å². The van der Waals surface area contributed by atoms with Gasteiger partial charge in [0, 0.05) is 12.3 Å². The Morgan fingerprint density at radius 2 is 1.12 bits per heavy atom. The molecule has 0 aromatic carbocycles. The Morgan fingerprint density at radius 3 is 1.54 bits per heavy atom. The van der Waals surface area contributed by atoms with E-state index >= 15 is 0 Å². The third kappa shape index (κ3) is 17.4. The molecule has 0 aromatic rings. The first-order valence-corrected chi connectivity index (χ1v) is 10.4. The molecule has 0 aliphatic rings. The number of rotatable bonds is 19. The van der Waals surface area contributed by atoms with Crippen molar-refractivity contribution in [1.29, 1.82) is 0 Å². The van der Waals surface area contributed by atoms with Crippen LogP contribution in [0.1, 0.15) is 110 Å². The van der Waals surface area contributed by atoms with E-state index in [4.69, 9.17) is 0 Å². The highest BCUT2D eigenvalue weighted by atomic mass is 16.1. The molecule has 0 saturated carbocycles. The van der Waals surface area contributed by atoms with Crippen molar-refractivity contribution in [2.45, 2.75) is 110 Å². The molecule has 2 nitrogen and oxygen atoms in total. The summed E-state index contributed by atoms with van der Waals surface area (Å²) in [6.07, 6.45) is 26.2. The quantitative estimate of drug-likeness (QED) is 0.147. The van der Waals surface area contributed by atoms with Crippen molar-refractivity contribution in [3.63, 3.8) is 0 Å². The summed E-state index contributed by atoms with van der Waals surface area (Å²) in [7, 11) is 0. The molecular weight excluding hydrogens is 296 g/mol. The number of carbonyl (C=O) groups excluding carboxylic acids is 2. The third-order valence-electron chi connectivity index (χ3n) is 4.65. The summed E-state index contributed by atoms with van der Waals surface area (Å²) in [6, 6.07) is 0. The van der Waals surface area contributed by atoms with Crippen molar-refractivity contribution in [3.05, 3.63) is 12.2 Å². The van der Waals surface area contributed by atoms with Crippen LogP contribution in [0.4, 0.5) is 0 Å². The van der Waals surface area contributed by atoms with Gasteiger partial charge in [0.05, 0.1) is 0 Å². The van der Waals surface area contributed by atoms with Crippen LogP contribution in [0, 0.1) is 5.92 Å². The summed E-state index contributed by atoms with van der Waals surface area (Å²) >= 11 is 0. The Labute approximate surface area is 150 Å². The van der Waals surface area contributed by atoms with Gasteiger partial charge in [0.25, 0.3) is 0 Å². The fourth-order valence-corrected chi connectivity index (χ4v) is 3.02. The summed E-state index contributed by atoms with van der Waals surface area (Å²) in [5, 5.41) is 0. The second-order valence-corrected chi connectivity index (χ2v) is 7.02. The van der Waals surface area contributed by atoms with E-state index in [1.807, 2.05) is 6.08 Å². The van der Waals surface area contributed by atoms with Crippen LogP contribution in [0.15, 0.2) is 12.2 Å². The van der Waals surface area contributed by atoms with E-state index in [0.29, 0.717) is 6.42 Å². The van der Waals surface area contributed by atoms with Gasteiger partial charge in [-0.25, -0.2) is 0 Å². The maximum atomic E-state index is 10.7. The van der Waals surface area contributed by atoms with Crippen LogP contribution >= 0.6 is 0 Å². The molecule has 1 unspecified atom stereocenters. The largest absolute Gasteiger partial charge is 0.303 e. The van der Waals surface area contributed by atoms with Gasteiger partial charge in [0.2, 0.25) is 0 Å². The predicted molar refractivity (Wildman–Crippen MR) is 104 cm³/mol. The van der Waals surface area contributed by atoms with Gasteiger partial charge in [-0.15, -0.1) is 0 Å². The molecule has 0 rings (SSSR count). The van der Waals surface area contributed by atoms with Crippen molar-refractivity contribution in [3.8, 4) is 0 Å². The van der Waals surface area contributed by atoms with Crippen LogP contribution in [0.5, 0.6) is 0 Å². The highest BCUT2D eigenvalue weighted by molar-refractivity contribution is 5.64. The van der Waals surface area contributed by atoms with Gasteiger partial charge < -0.3 is 9.59 Å². The maximum Gasteiger partial charge on any atom is 0.127 e. The minimum absolute atomic E-state index is 0.214. The standard InChI is InChI=1S/C22H40O2/c1-2-3-4-5-6-7-8-9-10-11-12-13-14-15-16-17-18-22(21-24)19-20-23/h17-18,20-22H,2-16,19H2,1H3. The van der Waals surface area contributed by atoms with E-state index in [2.05, 4.69) is 13.0 Å². The van der Waals surface area contributed by atoms with Gasteiger partial charge in [-0.2, -0.15) is 0 Å². The Kier molecular flexibility index (Phi) is 19.4. The molecule has 24 heavy (non-hydrogen) atoms. The molecular formula is C22H40O2. The molecule has 0 heterocycles. The van der Waals surface area contributed by atoms with Gasteiger partial charge in [-0.3, -0.25) is 0 Å². The first-order valence-electron chi connectivity index (χ1n) is 10.4. The summed E-state index contributed by atoms with van der Waals surface area (Å²) in [5.41, 5.74) is 0. The third-order valence-corrected chi connectivity index (χ3v) is 4.65. The lowest BCUT2D eigenvalue weighted by atomic mass is 10.0. The minimum atomic E-state index is -0.214. The normalized spacial score (nSPS) is 12.5. The summed E-state index contributed by atoms with van der Waals surface area (Å²) in [4.78, 5) is 21.0. The van der Waals surface area contributed by atoms with Crippen LogP contribution in [-0.2, 0) is 9.59 Å². The van der Waals surface area contributed by atoms with Gasteiger partial charge in [0.1, 0.15) is 12.6 Å². The number of allylic oxidation sites excluding steroid dienone is 2. The molecule has 0 aliphatic heterocycles. The molecule has 0 radical (unpaired) electrons. The Bertz CT molecular complexity index is 296. The second-order valence-electron chi connectivity index (χ2n) is 7.02. The van der Waals surface area contributed by atoms with E-state index in [1.54, 1.807) is 0 Å². The predicted octanol–water partition coefficient (Wildman–Crippen LogP) is 6.82. The lowest BCUT2D eigenvalue weighted by Gasteiger charge is -2.03. The number of unbranched alkanes of at least 4 members (excludes halogenated alkanes) is 14. The lowest BCUT2D eigenvalue weighted by Crippen LogP contribution is -1.97. The molecule has 0 amide bonds. The maximum absolute atomic E-state index is 10.7. The highest BCUT2D eigenvalue weighted by Gasteiger charge is 1.99. The van der Waals surface area contributed by atoms with E-state index < -0.39 is 0 Å². The van der Waals surface area contributed by atoms with Crippen LogP contribution in [-0.4, -0.2) is 12.6 Å². The topological polar surface area (TPSA) is 34.1 Å². The average molecular weight is 337 g/mol. The summed E-state index contributed by atoms with van der Waals surface area (Å²) in [6.45, 7) is 2.27. The molecule has 0 bridgehead atoms. The highest BCUT2D eigenvalue weighted by Crippen LogP contribution is 2.13. The zero-order valence-electron chi connectivity index (χ0n) is 16.0. The molecule has 0 saturated heterocycles. The smallest absolute Gasteiger partial charge is 0.127 e. The van der Waals surface area contributed by atoms with E-state index in [9.17, 15) is 9.59 Å². The first kappa shape index (κ1) is 23.1. The van der Waals surface area contributed by atoms with E-state index in [0.717, 1.165) is 19.0 Å². The summed E-state index contributed by atoms with van der Waals surface area (Å²) in [5.74, 6) is -0.214. The molecule has 0 aromatic heterocycles. The number of carbonyl (C=O) groups is 2. The molecule has 0 N–H and O–H groups in total. The zero-order chi connectivity index (χ0) is 17.7. The minimum Gasteiger partial charge on any atom is -0.303 e. The summed E-state index contributed by atoms with van der Waals surface area (Å²) < 4.78 is 0. The Morgan fingerprint density at radius 1 is 0.667 bits per heavy atom. The number of aldehydes is 2. The van der Waals surface area contributed by atoms with Crippen molar-refractivity contribution in [2.24, 2.45) is 5.92 Å². The van der Waals surface area contributed by atoms with Gasteiger partial charge in [0.15, 0.2) is 0 Å². The van der Waals surface area contributed by atoms with Crippen molar-refractivity contribution in [2.75, 3.05) is 0 Å². The fraction of sp³-hybridized carbons (Fsp3) is 0.818. The first-order chi connectivity index (χ1) is 11.8. The van der Waals surface area contributed by atoms with Crippen molar-refractivity contribution in [1.82, 2.24) is 0 Å². The molecule has 0 spiro atoms. The second kappa shape index (κ2) is 20.1. The molecule has 2 heteroatoms. The number of hydrogen-bond donors (Lipinski definition) is 0. The monoisotopic (exact) mass is 336 g/mol. The van der Waals surface area contributed by atoms with Gasteiger partial charge in [-0.05, 0) is 12.8 Å². The van der Waals surface area contributed by atoms with Crippen molar-refractivity contribution >= 4 is 12.6 Å². The molecule has 1 atom stereocenters. The Hall–Kier alpha value is -0.920. The lowest BCUT2D eigenvalue weighted by molar-refractivity contribution is -0.114. The molecule has 0 fully saturated rings. The van der Waals surface area contributed by atoms with E-state index in [-0.39, 0.29) is 5.92 Å². The van der Waals surface area contributed by atoms with Gasteiger partial charge in [-0.1, -0.05) is 103 Å². The Balaban J connectivity index is 3.18. The average Bonchev–Trinajstić information content (AvgIpc) is 2.60.